The van der Waals surface area contributed by atoms with Gasteiger partial charge in [0.05, 0.1) is 6.54 Å². The lowest BCUT2D eigenvalue weighted by Crippen LogP contribution is -2.58. The zero-order chi connectivity index (χ0) is 12.7. The van der Waals surface area contributed by atoms with Gasteiger partial charge in [-0.3, -0.25) is 14.9 Å². The predicted molar refractivity (Wildman–Crippen MR) is 66.5 cm³/mol. The van der Waals surface area contributed by atoms with Crippen molar-refractivity contribution < 1.29 is 9.59 Å². The van der Waals surface area contributed by atoms with Crippen LogP contribution in [0.15, 0.2) is 0 Å². The normalized spacial score (nSPS) is 20.2. The Kier molecular flexibility index (Phi) is 5.97. The molecule has 2 amide bonds. The number of carbonyl (C=O) groups excluding carboxylic acids is 2. The van der Waals surface area contributed by atoms with Crippen molar-refractivity contribution in [3.8, 4) is 0 Å². The third-order valence-electron chi connectivity index (χ3n) is 2.84. The predicted octanol–water partition coefficient (Wildman–Crippen LogP) is 0.0169. The highest BCUT2D eigenvalue weighted by atomic mass is 16.2. The van der Waals surface area contributed by atoms with E-state index in [1.807, 2.05) is 0 Å². The average Bonchev–Trinajstić information content (AvgIpc) is 2.29. The average molecular weight is 241 g/mol. The first-order chi connectivity index (χ1) is 8.09. The molecular formula is C12H23N3O2. The van der Waals surface area contributed by atoms with Gasteiger partial charge in [0.25, 0.3) is 0 Å². The van der Waals surface area contributed by atoms with Crippen molar-refractivity contribution in [2.24, 2.45) is 5.92 Å². The van der Waals surface area contributed by atoms with Crippen LogP contribution in [0.1, 0.15) is 33.1 Å². The van der Waals surface area contributed by atoms with Crippen LogP contribution in [-0.4, -0.2) is 37.5 Å². The summed E-state index contributed by atoms with van der Waals surface area (Å²) >= 11 is 0. The van der Waals surface area contributed by atoms with E-state index in [0.717, 1.165) is 25.3 Å². The van der Waals surface area contributed by atoms with Gasteiger partial charge >= 0.3 is 0 Å². The van der Waals surface area contributed by atoms with Gasteiger partial charge in [-0.25, -0.2) is 0 Å². The summed E-state index contributed by atoms with van der Waals surface area (Å²) in [6, 6.07) is -0.280. The second kappa shape index (κ2) is 7.27. The molecular weight excluding hydrogens is 218 g/mol. The first-order valence-corrected chi connectivity index (χ1v) is 6.37. The van der Waals surface area contributed by atoms with E-state index in [-0.39, 0.29) is 24.4 Å². The fourth-order valence-electron chi connectivity index (χ4n) is 1.76. The summed E-state index contributed by atoms with van der Waals surface area (Å²) in [7, 11) is 0. The second-order valence-corrected chi connectivity index (χ2v) is 4.92. The van der Waals surface area contributed by atoms with Gasteiger partial charge in [-0.15, -0.1) is 0 Å². The fraction of sp³-hybridized carbons (Fsp3) is 0.833. The number of hydrogen-bond acceptors (Lipinski definition) is 3. The molecule has 1 aliphatic rings. The molecule has 98 valence electrons. The minimum atomic E-state index is -0.280. The molecule has 5 nitrogen and oxygen atoms in total. The van der Waals surface area contributed by atoms with E-state index in [9.17, 15) is 9.59 Å². The molecule has 0 aromatic heterocycles. The minimum absolute atomic E-state index is 0.0189. The molecule has 1 aliphatic heterocycles. The SMILES string of the molecule is CC(C)CCCCNC(=O)C1CNC(=O)CN1. The van der Waals surface area contributed by atoms with Crippen molar-refractivity contribution in [3.63, 3.8) is 0 Å². The molecule has 0 bridgehead atoms. The quantitative estimate of drug-likeness (QED) is 0.574. The molecule has 0 saturated carbocycles. The van der Waals surface area contributed by atoms with E-state index >= 15 is 0 Å². The third kappa shape index (κ3) is 5.68. The van der Waals surface area contributed by atoms with E-state index in [1.54, 1.807) is 0 Å². The Labute approximate surface area is 103 Å². The van der Waals surface area contributed by atoms with Crippen LogP contribution in [0.4, 0.5) is 0 Å². The lowest BCUT2D eigenvalue weighted by molar-refractivity contribution is -0.126. The molecule has 0 spiro atoms. The van der Waals surface area contributed by atoms with Gasteiger partial charge in [0.1, 0.15) is 6.04 Å². The first kappa shape index (κ1) is 14.0. The maximum Gasteiger partial charge on any atom is 0.238 e. The number of rotatable bonds is 6. The Morgan fingerprint density at radius 1 is 1.47 bits per heavy atom. The number of piperazine rings is 1. The topological polar surface area (TPSA) is 70.2 Å². The maximum absolute atomic E-state index is 11.7. The highest BCUT2D eigenvalue weighted by Gasteiger charge is 2.22. The Hall–Kier alpha value is -1.10. The van der Waals surface area contributed by atoms with Crippen LogP contribution in [0.2, 0.25) is 0 Å². The summed E-state index contributed by atoms with van der Waals surface area (Å²) in [5.41, 5.74) is 0. The number of carbonyl (C=O) groups is 2. The second-order valence-electron chi connectivity index (χ2n) is 4.92. The molecule has 1 atom stereocenters. The third-order valence-corrected chi connectivity index (χ3v) is 2.84. The largest absolute Gasteiger partial charge is 0.355 e. The van der Waals surface area contributed by atoms with E-state index in [1.165, 1.54) is 6.42 Å². The minimum Gasteiger partial charge on any atom is -0.355 e. The highest BCUT2D eigenvalue weighted by Crippen LogP contribution is 2.05. The van der Waals surface area contributed by atoms with Crippen LogP contribution in [-0.2, 0) is 9.59 Å². The van der Waals surface area contributed by atoms with Crippen molar-refractivity contribution in [1.29, 1.82) is 0 Å². The fourth-order valence-corrected chi connectivity index (χ4v) is 1.76. The van der Waals surface area contributed by atoms with Crippen molar-refractivity contribution >= 4 is 11.8 Å². The molecule has 5 heteroatoms. The lowest BCUT2D eigenvalue weighted by Gasteiger charge is -2.23. The Morgan fingerprint density at radius 3 is 2.82 bits per heavy atom. The molecule has 0 aromatic rings. The van der Waals surface area contributed by atoms with Crippen LogP contribution in [0, 0.1) is 5.92 Å². The number of hydrogen-bond donors (Lipinski definition) is 3. The summed E-state index contributed by atoms with van der Waals surface area (Å²) < 4.78 is 0. The molecule has 1 unspecified atom stereocenters. The van der Waals surface area contributed by atoms with Crippen LogP contribution in [0.25, 0.3) is 0 Å². The molecule has 1 fully saturated rings. The number of amides is 2. The molecule has 0 aromatic carbocycles. The molecule has 3 N–H and O–H groups in total. The Morgan fingerprint density at radius 2 is 2.24 bits per heavy atom. The van der Waals surface area contributed by atoms with Crippen molar-refractivity contribution in [3.05, 3.63) is 0 Å². The van der Waals surface area contributed by atoms with Crippen LogP contribution >= 0.6 is 0 Å². The maximum atomic E-state index is 11.7. The van der Waals surface area contributed by atoms with Crippen LogP contribution in [0.3, 0.4) is 0 Å². The molecule has 1 saturated heterocycles. The van der Waals surface area contributed by atoms with Gasteiger partial charge in [-0.2, -0.15) is 0 Å². The van der Waals surface area contributed by atoms with Gasteiger partial charge in [0.2, 0.25) is 11.8 Å². The van der Waals surface area contributed by atoms with Gasteiger partial charge in [0, 0.05) is 13.1 Å². The van der Waals surface area contributed by atoms with Crippen LogP contribution in [0.5, 0.6) is 0 Å². The van der Waals surface area contributed by atoms with E-state index in [2.05, 4.69) is 29.8 Å². The van der Waals surface area contributed by atoms with Gasteiger partial charge in [-0.05, 0) is 12.3 Å². The monoisotopic (exact) mass is 241 g/mol. The van der Waals surface area contributed by atoms with Gasteiger partial charge in [0.15, 0.2) is 0 Å². The molecule has 1 heterocycles. The standard InChI is InChI=1S/C12H23N3O2/c1-9(2)5-3-4-6-13-12(17)10-7-15-11(16)8-14-10/h9-10,14H,3-8H2,1-2H3,(H,13,17)(H,15,16). The zero-order valence-corrected chi connectivity index (χ0v) is 10.7. The smallest absolute Gasteiger partial charge is 0.238 e. The zero-order valence-electron chi connectivity index (χ0n) is 10.7. The number of unbranched alkanes of at least 4 members (excludes halogenated alkanes) is 1. The van der Waals surface area contributed by atoms with E-state index in [0.29, 0.717) is 6.54 Å². The Bertz CT molecular complexity index is 256. The Balaban J connectivity index is 2.06. The van der Waals surface area contributed by atoms with Crippen molar-refractivity contribution in [2.45, 2.75) is 39.2 Å². The number of nitrogens with one attached hydrogen (secondary N) is 3. The lowest BCUT2D eigenvalue weighted by atomic mass is 10.1. The van der Waals surface area contributed by atoms with E-state index < -0.39 is 0 Å². The molecule has 0 aliphatic carbocycles. The van der Waals surface area contributed by atoms with Crippen molar-refractivity contribution in [1.82, 2.24) is 16.0 Å². The van der Waals surface area contributed by atoms with Crippen molar-refractivity contribution in [2.75, 3.05) is 19.6 Å². The van der Waals surface area contributed by atoms with Gasteiger partial charge < -0.3 is 10.6 Å². The summed E-state index contributed by atoms with van der Waals surface area (Å²) in [6.07, 6.45) is 3.36. The summed E-state index contributed by atoms with van der Waals surface area (Å²) in [4.78, 5) is 22.6. The molecule has 17 heavy (non-hydrogen) atoms. The first-order valence-electron chi connectivity index (χ1n) is 6.37. The summed E-state index contributed by atoms with van der Waals surface area (Å²) in [6.45, 7) is 5.74. The van der Waals surface area contributed by atoms with Crippen LogP contribution < -0.4 is 16.0 Å². The summed E-state index contributed by atoms with van der Waals surface area (Å²) in [5.74, 6) is 0.654. The van der Waals surface area contributed by atoms with Gasteiger partial charge in [-0.1, -0.05) is 26.7 Å². The summed E-state index contributed by atoms with van der Waals surface area (Å²) in [5, 5.41) is 8.46. The highest BCUT2D eigenvalue weighted by molar-refractivity contribution is 5.86. The molecule has 0 radical (unpaired) electrons. The molecule has 1 rings (SSSR count). The van der Waals surface area contributed by atoms with E-state index in [4.69, 9.17) is 0 Å².